The molecular weight excluding hydrogens is 561 g/mol. The molecule has 0 radical (unpaired) electrons. The first kappa shape index (κ1) is 26.2. The molecular formula is C38H26N4OS. The monoisotopic (exact) mass is 586 g/mol. The number of para-hydroxylation sites is 2. The van der Waals surface area contributed by atoms with Gasteiger partial charge in [0, 0.05) is 22.3 Å². The SMILES string of the molecule is O=C(C1=NN(c2ccccc2)[C@@]2(S1)c1ccccc1C(c1cccc3ccccc13)=NN2c1ccccc1)c1ccccc1. The van der Waals surface area contributed by atoms with E-state index in [0.29, 0.717) is 10.6 Å². The van der Waals surface area contributed by atoms with Crippen molar-refractivity contribution in [2.24, 2.45) is 10.2 Å². The van der Waals surface area contributed by atoms with Crippen molar-refractivity contribution < 1.29 is 4.79 Å². The Hall–Kier alpha value is -5.46. The fraction of sp³-hybridized carbons (Fsp3) is 0.0263. The van der Waals surface area contributed by atoms with E-state index in [2.05, 4.69) is 78.9 Å². The maximum absolute atomic E-state index is 14.0. The van der Waals surface area contributed by atoms with Gasteiger partial charge in [0.25, 0.3) is 0 Å². The van der Waals surface area contributed by atoms with E-state index in [1.807, 2.05) is 88.9 Å². The van der Waals surface area contributed by atoms with Gasteiger partial charge < -0.3 is 0 Å². The summed E-state index contributed by atoms with van der Waals surface area (Å²) < 4.78 is 0. The Morgan fingerprint density at radius 1 is 0.545 bits per heavy atom. The maximum atomic E-state index is 14.0. The van der Waals surface area contributed by atoms with Crippen LogP contribution in [0.5, 0.6) is 0 Å². The molecule has 0 aliphatic carbocycles. The number of carbonyl (C=O) groups excluding carboxylic acids is 1. The standard InChI is InChI=1S/C38H26N4OS/c43-36(28-16-4-1-5-17-28)37-40-42(30-21-8-3-9-22-30)38(44-37)34-26-13-12-24-33(34)35(39-41(38)29-19-6-2-7-20-29)32-25-14-18-27-15-10-11-23-31(27)32/h1-26H/t38-/m1/s1. The van der Waals surface area contributed by atoms with Gasteiger partial charge in [-0.2, -0.15) is 10.2 Å². The number of benzene rings is 6. The Morgan fingerprint density at radius 2 is 1.09 bits per heavy atom. The molecule has 1 spiro atoms. The number of fused-ring (bicyclic) bond motifs is 3. The van der Waals surface area contributed by atoms with Crippen LogP contribution in [0.4, 0.5) is 11.4 Å². The Labute approximate surface area is 259 Å². The highest BCUT2D eigenvalue weighted by molar-refractivity contribution is 8.17. The second-order valence-electron chi connectivity index (χ2n) is 10.6. The minimum atomic E-state index is -1.02. The number of hydrogen-bond donors (Lipinski definition) is 0. The van der Waals surface area contributed by atoms with Crippen LogP contribution < -0.4 is 10.0 Å². The van der Waals surface area contributed by atoms with Crippen LogP contribution in [0.3, 0.4) is 0 Å². The summed E-state index contributed by atoms with van der Waals surface area (Å²) in [5.74, 6) is -0.122. The molecule has 1 atom stereocenters. The predicted octanol–water partition coefficient (Wildman–Crippen LogP) is 8.67. The molecule has 0 saturated heterocycles. The number of hydrazone groups is 2. The van der Waals surface area contributed by atoms with E-state index >= 15 is 0 Å². The van der Waals surface area contributed by atoms with Crippen LogP contribution in [0.1, 0.15) is 27.0 Å². The van der Waals surface area contributed by atoms with E-state index < -0.39 is 4.99 Å². The quantitative estimate of drug-likeness (QED) is 0.190. The second-order valence-corrected chi connectivity index (χ2v) is 11.8. The summed E-state index contributed by atoms with van der Waals surface area (Å²) in [6, 6.07) is 52.6. The van der Waals surface area contributed by atoms with Crippen molar-refractivity contribution in [1.82, 2.24) is 0 Å². The highest BCUT2D eigenvalue weighted by Gasteiger charge is 2.56. The third-order valence-electron chi connectivity index (χ3n) is 8.01. The van der Waals surface area contributed by atoms with E-state index in [9.17, 15) is 4.79 Å². The lowest BCUT2D eigenvalue weighted by Gasteiger charge is -2.47. The molecule has 0 saturated carbocycles. The van der Waals surface area contributed by atoms with Gasteiger partial charge >= 0.3 is 0 Å². The van der Waals surface area contributed by atoms with Gasteiger partial charge in [0.1, 0.15) is 0 Å². The van der Waals surface area contributed by atoms with Crippen molar-refractivity contribution in [1.29, 1.82) is 0 Å². The Balaban J connectivity index is 1.41. The molecule has 6 heteroatoms. The highest BCUT2D eigenvalue weighted by Crippen LogP contribution is 2.55. The molecule has 6 aromatic carbocycles. The summed E-state index contributed by atoms with van der Waals surface area (Å²) in [5, 5.41) is 17.3. The summed E-state index contributed by atoms with van der Waals surface area (Å²) in [4.78, 5) is 13.0. The second kappa shape index (κ2) is 10.7. The third kappa shape index (κ3) is 4.14. The molecule has 5 nitrogen and oxygen atoms in total. The molecule has 2 aliphatic rings. The molecule has 6 aromatic rings. The van der Waals surface area contributed by atoms with Crippen LogP contribution in [0.2, 0.25) is 0 Å². The average molecular weight is 587 g/mol. The minimum Gasteiger partial charge on any atom is -0.286 e. The van der Waals surface area contributed by atoms with Crippen LogP contribution >= 0.6 is 11.8 Å². The van der Waals surface area contributed by atoms with Gasteiger partial charge in [0.2, 0.25) is 10.8 Å². The van der Waals surface area contributed by atoms with Gasteiger partial charge in [0.15, 0.2) is 5.04 Å². The number of anilines is 2. The Kier molecular flexibility index (Phi) is 6.35. The van der Waals surface area contributed by atoms with Crippen LogP contribution in [-0.2, 0) is 4.99 Å². The molecule has 8 rings (SSSR count). The number of carbonyl (C=O) groups is 1. The highest BCUT2D eigenvalue weighted by atomic mass is 32.2. The average Bonchev–Trinajstić information content (AvgIpc) is 3.50. The number of ketones is 1. The van der Waals surface area contributed by atoms with Crippen molar-refractivity contribution in [3.63, 3.8) is 0 Å². The summed E-state index contributed by atoms with van der Waals surface area (Å²) in [6.07, 6.45) is 0. The fourth-order valence-electron chi connectivity index (χ4n) is 6.01. The number of Topliss-reactive ketones (excluding diaryl/α,β-unsaturated/α-hetero) is 1. The van der Waals surface area contributed by atoms with Crippen molar-refractivity contribution in [3.8, 4) is 0 Å². The first-order valence-electron chi connectivity index (χ1n) is 14.5. The lowest BCUT2D eigenvalue weighted by Crippen LogP contribution is -2.54. The van der Waals surface area contributed by atoms with Crippen LogP contribution in [0, 0.1) is 0 Å². The van der Waals surface area contributed by atoms with E-state index in [1.165, 1.54) is 11.8 Å². The van der Waals surface area contributed by atoms with Crippen molar-refractivity contribution in [2.75, 3.05) is 10.0 Å². The van der Waals surface area contributed by atoms with E-state index in [1.54, 1.807) is 0 Å². The maximum Gasteiger partial charge on any atom is 0.234 e. The van der Waals surface area contributed by atoms with Crippen LogP contribution in [0.15, 0.2) is 168 Å². The first-order chi connectivity index (χ1) is 21.7. The van der Waals surface area contributed by atoms with Gasteiger partial charge in [-0.3, -0.25) is 4.79 Å². The third-order valence-corrected chi connectivity index (χ3v) is 9.32. The largest absolute Gasteiger partial charge is 0.286 e. The molecule has 44 heavy (non-hydrogen) atoms. The van der Waals surface area contributed by atoms with Gasteiger partial charge in [-0.25, -0.2) is 10.0 Å². The zero-order valence-electron chi connectivity index (χ0n) is 23.6. The lowest BCUT2D eigenvalue weighted by atomic mass is 9.91. The smallest absolute Gasteiger partial charge is 0.234 e. The van der Waals surface area contributed by atoms with Crippen LogP contribution in [-0.4, -0.2) is 16.5 Å². The van der Waals surface area contributed by atoms with Crippen molar-refractivity contribution in [3.05, 3.63) is 180 Å². The molecule has 0 amide bonds. The topological polar surface area (TPSA) is 48.3 Å². The Morgan fingerprint density at radius 3 is 1.82 bits per heavy atom. The zero-order chi connectivity index (χ0) is 29.5. The molecule has 2 heterocycles. The summed E-state index contributed by atoms with van der Waals surface area (Å²) in [5.41, 5.74) is 6.24. The van der Waals surface area contributed by atoms with Gasteiger partial charge in [-0.15, -0.1) is 0 Å². The summed E-state index contributed by atoms with van der Waals surface area (Å²) in [7, 11) is 0. The summed E-state index contributed by atoms with van der Waals surface area (Å²) in [6.45, 7) is 0. The van der Waals surface area contributed by atoms with E-state index in [4.69, 9.17) is 10.2 Å². The lowest BCUT2D eigenvalue weighted by molar-refractivity contribution is 0.106. The van der Waals surface area contributed by atoms with Crippen molar-refractivity contribution >= 4 is 50.4 Å². The van der Waals surface area contributed by atoms with Gasteiger partial charge in [-0.05, 0) is 46.8 Å². The molecule has 2 aliphatic heterocycles. The van der Waals surface area contributed by atoms with E-state index in [0.717, 1.165) is 44.5 Å². The number of thioether (sulfide) groups is 1. The van der Waals surface area contributed by atoms with E-state index in [-0.39, 0.29) is 5.78 Å². The minimum absolute atomic E-state index is 0.122. The van der Waals surface area contributed by atoms with Gasteiger partial charge in [-0.1, -0.05) is 133 Å². The first-order valence-corrected chi connectivity index (χ1v) is 15.3. The van der Waals surface area contributed by atoms with Crippen LogP contribution in [0.25, 0.3) is 10.8 Å². The number of rotatable bonds is 5. The molecule has 0 N–H and O–H groups in total. The van der Waals surface area contributed by atoms with Crippen molar-refractivity contribution in [2.45, 2.75) is 4.99 Å². The fourth-order valence-corrected chi connectivity index (χ4v) is 7.36. The summed E-state index contributed by atoms with van der Waals surface area (Å²) >= 11 is 1.43. The number of hydrogen-bond acceptors (Lipinski definition) is 6. The Bertz CT molecular complexity index is 2070. The molecule has 0 aromatic heterocycles. The zero-order valence-corrected chi connectivity index (χ0v) is 24.4. The number of nitrogens with zero attached hydrogens (tertiary/aromatic N) is 4. The molecule has 0 bridgehead atoms. The normalized spacial score (nSPS) is 17.4. The predicted molar refractivity (Wildman–Crippen MR) is 181 cm³/mol. The molecule has 0 unspecified atom stereocenters. The molecule has 0 fully saturated rings. The van der Waals surface area contributed by atoms with Gasteiger partial charge in [0.05, 0.1) is 17.1 Å². The molecule has 210 valence electrons.